The van der Waals surface area contributed by atoms with Gasteiger partial charge in [-0.1, -0.05) is 48.5 Å². The van der Waals surface area contributed by atoms with Crippen molar-refractivity contribution in [2.24, 2.45) is 5.92 Å². The molecule has 2 aliphatic rings. The lowest BCUT2D eigenvalue weighted by Gasteiger charge is -2.21. The van der Waals surface area contributed by atoms with E-state index in [1.807, 2.05) is 36.4 Å². The number of carbonyl (C=O) groups is 3. The van der Waals surface area contributed by atoms with Crippen molar-refractivity contribution in [1.82, 2.24) is 10.6 Å². The molecule has 1 aliphatic carbocycles. The molecule has 3 N–H and O–H groups in total. The van der Waals surface area contributed by atoms with E-state index in [1.165, 1.54) is 7.11 Å². The molecular weight excluding hydrogens is 440 g/mol. The van der Waals surface area contributed by atoms with Crippen LogP contribution in [-0.4, -0.2) is 68.7 Å². The van der Waals surface area contributed by atoms with Gasteiger partial charge < -0.3 is 30.0 Å². The molecule has 180 valence electrons. The summed E-state index contributed by atoms with van der Waals surface area (Å²) in [5.41, 5.74) is 4.52. The summed E-state index contributed by atoms with van der Waals surface area (Å²) in [5.74, 6) is -2.02. The van der Waals surface area contributed by atoms with Gasteiger partial charge in [-0.05, 0) is 22.3 Å². The van der Waals surface area contributed by atoms with Crippen molar-refractivity contribution >= 4 is 18.0 Å². The molecule has 1 heterocycles. The van der Waals surface area contributed by atoms with E-state index in [0.29, 0.717) is 0 Å². The first-order chi connectivity index (χ1) is 16.5. The summed E-state index contributed by atoms with van der Waals surface area (Å²) >= 11 is 0. The second-order valence-electron chi connectivity index (χ2n) is 8.42. The highest BCUT2D eigenvalue weighted by molar-refractivity contribution is 5.81. The maximum Gasteiger partial charge on any atom is 0.407 e. The zero-order valence-corrected chi connectivity index (χ0v) is 18.9. The number of fused-ring (bicyclic) bond motifs is 3. The third kappa shape index (κ3) is 5.21. The van der Waals surface area contributed by atoms with Crippen LogP contribution in [-0.2, 0) is 23.8 Å². The fourth-order valence-corrected chi connectivity index (χ4v) is 4.53. The Morgan fingerprint density at radius 1 is 1.06 bits per heavy atom. The number of amides is 2. The van der Waals surface area contributed by atoms with Crippen LogP contribution in [0.1, 0.15) is 23.5 Å². The average Bonchev–Trinajstić information content (AvgIpc) is 3.42. The van der Waals surface area contributed by atoms with Gasteiger partial charge in [-0.15, -0.1) is 0 Å². The van der Waals surface area contributed by atoms with E-state index in [1.54, 1.807) is 0 Å². The molecule has 3 unspecified atom stereocenters. The number of methoxy groups -OCH3 is 1. The Labute approximate surface area is 197 Å². The van der Waals surface area contributed by atoms with Gasteiger partial charge in [0.25, 0.3) is 0 Å². The number of benzene rings is 2. The van der Waals surface area contributed by atoms with E-state index in [9.17, 15) is 14.4 Å². The van der Waals surface area contributed by atoms with Crippen molar-refractivity contribution in [3.63, 3.8) is 0 Å². The third-order valence-corrected chi connectivity index (χ3v) is 6.30. The molecule has 2 amide bonds. The first kappa shape index (κ1) is 23.7. The highest BCUT2D eigenvalue weighted by Gasteiger charge is 2.36. The fourth-order valence-electron chi connectivity index (χ4n) is 4.53. The molecule has 0 bridgehead atoms. The van der Waals surface area contributed by atoms with Crippen LogP contribution in [0.2, 0.25) is 0 Å². The Morgan fingerprint density at radius 2 is 1.71 bits per heavy atom. The highest BCUT2D eigenvalue weighted by atomic mass is 16.5. The van der Waals surface area contributed by atoms with Crippen molar-refractivity contribution in [1.29, 1.82) is 0 Å². The normalized spacial score (nSPS) is 19.7. The summed E-state index contributed by atoms with van der Waals surface area (Å²) in [6.07, 6.45) is -1.48. The van der Waals surface area contributed by atoms with Gasteiger partial charge in [-0.2, -0.15) is 0 Å². The minimum atomic E-state index is -1.01. The maximum atomic E-state index is 12.6. The highest BCUT2D eigenvalue weighted by Crippen LogP contribution is 2.44. The lowest BCUT2D eigenvalue weighted by molar-refractivity contribution is -0.140. The van der Waals surface area contributed by atoms with Crippen LogP contribution in [0.4, 0.5) is 4.79 Å². The van der Waals surface area contributed by atoms with Crippen LogP contribution in [0.5, 0.6) is 0 Å². The van der Waals surface area contributed by atoms with Crippen LogP contribution in [0, 0.1) is 5.92 Å². The van der Waals surface area contributed by atoms with Gasteiger partial charge in [0, 0.05) is 19.6 Å². The van der Waals surface area contributed by atoms with Crippen molar-refractivity contribution in [3.8, 4) is 11.1 Å². The Balaban J connectivity index is 1.32. The van der Waals surface area contributed by atoms with Gasteiger partial charge in [-0.3, -0.25) is 9.59 Å². The van der Waals surface area contributed by atoms with Gasteiger partial charge in [0.1, 0.15) is 6.61 Å². The molecule has 2 aromatic carbocycles. The van der Waals surface area contributed by atoms with Gasteiger partial charge in [0.05, 0.1) is 37.7 Å². The Morgan fingerprint density at radius 3 is 2.32 bits per heavy atom. The Bertz CT molecular complexity index is 1010. The molecule has 9 heteroatoms. The predicted octanol–water partition coefficient (Wildman–Crippen LogP) is 2.15. The summed E-state index contributed by atoms with van der Waals surface area (Å²) in [5, 5.41) is 14.3. The number of carboxylic acids is 1. The van der Waals surface area contributed by atoms with Crippen LogP contribution >= 0.6 is 0 Å². The third-order valence-electron chi connectivity index (χ3n) is 6.30. The quantitative estimate of drug-likeness (QED) is 0.515. The molecule has 2 aromatic rings. The molecule has 4 rings (SSSR count). The van der Waals surface area contributed by atoms with Crippen molar-refractivity contribution < 1.29 is 33.7 Å². The number of nitrogens with one attached hydrogen (secondary N) is 2. The molecule has 1 saturated heterocycles. The van der Waals surface area contributed by atoms with E-state index in [4.69, 9.17) is 19.3 Å². The first-order valence-corrected chi connectivity index (χ1v) is 11.2. The lowest BCUT2D eigenvalue weighted by atomic mass is 9.98. The molecule has 0 radical (unpaired) electrons. The van der Waals surface area contributed by atoms with Crippen molar-refractivity contribution in [2.75, 3.05) is 33.5 Å². The number of carbonyl (C=O) groups excluding carboxylic acids is 2. The number of hydrogen-bond donors (Lipinski definition) is 3. The zero-order valence-electron chi connectivity index (χ0n) is 18.9. The summed E-state index contributed by atoms with van der Waals surface area (Å²) in [6, 6.07) is 15.6. The van der Waals surface area contributed by atoms with Crippen LogP contribution in [0.3, 0.4) is 0 Å². The SMILES string of the molecule is COC(CNC(=O)C1COCC1NC(=O)OCC1c2ccccc2-c2ccccc21)CC(=O)O. The van der Waals surface area contributed by atoms with Gasteiger partial charge in [0.2, 0.25) is 5.91 Å². The van der Waals surface area contributed by atoms with E-state index in [0.717, 1.165) is 22.3 Å². The summed E-state index contributed by atoms with van der Waals surface area (Å²) in [7, 11) is 1.39. The smallest absolute Gasteiger partial charge is 0.407 e. The maximum absolute atomic E-state index is 12.6. The number of rotatable bonds is 9. The van der Waals surface area contributed by atoms with Gasteiger partial charge in [0.15, 0.2) is 0 Å². The fraction of sp³-hybridized carbons (Fsp3) is 0.400. The molecular formula is C25H28N2O7. The van der Waals surface area contributed by atoms with Crippen LogP contribution in [0.25, 0.3) is 11.1 Å². The zero-order chi connectivity index (χ0) is 24.1. The Hall–Kier alpha value is -3.43. The lowest BCUT2D eigenvalue weighted by Crippen LogP contribution is -2.48. The molecule has 34 heavy (non-hydrogen) atoms. The topological polar surface area (TPSA) is 123 Å². The largest absolute Gasteiger partial charge is 0.481 e. The predicted molar refractivity (Wildman–Crippen MR) is 122 cm³/mol. The monoisotopic (exact) mass is 468 g/mol. The van der Waals surface area contributed by atoms with E-state index in [-0.39, 0.29) is 44.6 Å². The van der Waals surface area contributed by atoms with E-state index < -0.39 is 30.1 Å². The molecule has 9 nitrogen and oxygen atoms in total. The number of carboxylic acid groups (broad SMARTS) is 1. The molecule has 0 saturated carbocycles. The van der Waals surface area contributed by atoms with Gasteiger partial charge in [-0.25, -0.2) is 4.79 Å². The number of ether oxygens (including phenoxy) is 3. The minimum Gasteiger partial charge on any atom is -0.481 e. The van der Waals surface area contributed by atoms with Crippen LogP contribution < -0.4 is 10.6 Å². The summed E-state index contributed by atoms with van der Waals surface area (Å²) in [6.45, 7) is 0.562. The average molecular weight is 469 g/mol. The first-order valence-electron chi connectivity index (χ1n) is 11.2. The molecule has 1 aliphatic heterocycles. The van der Waals surface area contributed by atoms with Gasteiger partial charge >= 0.3 is 12.1 Å². The second kappa shape index (κ2) is 10.7. The molecule has 0 spiro atoms. The van der Waals surface area contributed by atoms with Crippen LogP contribution in [0.15, 0.2) is 48.5 Å². The van der Waals surface area contributed by atoms with E-state index in [2.05, 4.69) is 22.8 Å². The molecule has 1 fully saturated rings. The number of aliphatic carboxylic acids is 1. The molecule has 3 atom stereocenters. The van der Waals surface area contributed by atoms with E-state index >= 15 is 0 Å². The Kier molecular flexibility index (Phi) is 7.44. The summed E-state index contributed by atoms with van der Waals surface area (Å²) < 4.78 is 16.1. The second-order valence-corrected chi connectivity index (χ2v) is 8.42. The van der Waals surface area contributed by atoms with Crippen molar-refractivity contribution in [3.05, 3.63) is 59.7 Å². The standard InChI is InChI=1S/C25H28N2O7/c1-32-15(10-23(28)29)11-26-24(30)21-12-33-14-22(21)27-25(31)34-13-20-18-8-4-2-6-16(18)17-7-3-5-9-19(17)20/h2-9,15,20-22H,10-14H2,1H3,(H,26,30)(H,27,31)(H,28,29). The number of alkyl carbamates (subject to hydrolysis) is 1. The number of hydrogen-bond acceptors (Lipinski definition) is 6. The minimum absolute atomic E-state index is 0.0514. The summed E-state index contributed by atoms with van der Waals surface area (Å²) in [4.78, 5) is 36.0. The van der Waals surface area contributed by atoms with Crippen molar-refractivity contribution in [2.45, 2.75) is 24.5 Å². The molecule has 0 aromatic heterocycles.